The molecule has 0 N–H and O–H groups in total. The maximum absolute atomic E-state index is 13.4. The molecule has 1 aromatic carbocycles. The van der Waals surface area contributed by atoms with Crippen LogP contribution >= 0.6 is 0 Å². The molecule has 1 aromatic heterocycles. The zero-order valence-corrected chi connectivity index (χ0v) is 15.0. The van der Waals surface area contributed by atoms with Crippen LogP contribution in [0.4, 0.5) is 13.2 Å². The summed E-state index contributed by atoms with van der Waals surface area (Å²) < 4.78 is 50.5. The molecule has 0 aliphatic carbocycles. The van der Waals surface area contributed by atoms with Crippen molar-refractivity contribution in [3.63, 3.8) is 0 Å². The second-order valence-corrected chi connectivity index (χ2v) is 6.13. The van der Waals surface area contributed by atoms with E-state index in [0.29, 0.717) is 12.3 Å². The lowest BCUT2D eigenvalue weighted by molar-refractivity contribution is -0.138. The van der Waals surface area contributed by atoms with Crippen molar-refractivity contribution >= 4 is 0 Å². The number of benzene rings is 1. The molecule has 0 amide bonds. The fourth-order valence-electron chi connectivity index (χ4n) is 2.46. The molecule has 0 radical (unpaired) electrons. The smallest absolute Gasteiger partial charge is 0.419 e. The number of ether oxygens (including phenoxy) is 1. The van der Waals surface area contributed by atoms with Gasteiger partial charge in [-0.3, -0.25) is 0 Å². The van der Waals surface area contributed by atoms with Gasteiger partial charge in [0.2, 0.25) is 11.7 Å². The van der Waals surface area contributed by atoms with E-state index in [1.54, 1.807) is 6.08 Å². The van der Waals surface area contributed by atoms with Gasteiger partial charge in [0.25, 0.3) is 0 Å². The van der Waals surface area contributed by atoms with E-state index in [4.69, 9.17) is 9.26 Å². The minimum Gasteiger partial charge on any atom is -0.493 e. The van der Waals surface area contributed by atoms with Gasteiger partial charge in [-0.1, -0.05) is 37.9 Å². The molecule has 0 fully saturated rings. The highest BCUT2D eigenvalue weighted by molar-refractivity contribution is 5.59. The van der Waals surface area contributed by atoms with Gasteiger partial charge < -0.3 is 9.26 Å². The van der Waals surface area contributed by atoms with Crippen LogP contribution in [-0.2, 0) is 6.18 Å². The molecular formula is C19H23F3N2O2. The lowest BCUT2D eigenvalue weighted by Gasteiger charge is -2.14. The first-order valence-corrected chi connectivity index (χ1v) is 8.65. The van der Waals surface area contributed by atoms with Crippen molar-refractivity contribution < 1.29 is 22.4 Å². The number of hydrogen-bond donors (Lipinski definition) is 0. The van der Waals surface area contributed by atoms with Crippen molar-refractivity contribution in [2.24, 2.45) is 0 Å². The van der Waals surface area contributed by atoms with E-state index in [9.17, 15) is 13.2 Å². The van der Waals surface area contributed by atoms with Crippen LogP contribution in [-0.4, -0.2) is 16.7 Å². The molecule has 142 valence electrons. The predicted octanol–water partition coefficient (Wildman–Crippen LogP) is 6.00. The number of halogens is 3. The van der Waals surface area contributed by atoms with E-state index < -0.39 is 11.7 Å². The topological polar surface area (TPSA) is 48.2 Å². The summed E-state index contributed by atoms with van der Waals surface area (Å²) in [6, 6.07) is 3.79. The first kappa shape index (κ1) is 20.0. The molecule has 1 atom stereocenters. The van der Waals surface area contributed by atoms with Gasteiger partial charge in [-0.25, -0.2) is 0 Å². The predicted molar refractivity (Wildman–Crippen MR) is 93.0 cm³/mol. The average molecular weight is 368 g/mol. The summed E-state index contributed by atoms with van der Waals surface area (Å²) in [7, 11) is 0. The summed E-state index contributed by atoms with van der Waals surface area (Å²) in [4.78, 5) is 4.26. The molecule has 0 aliphatic heterocycles. The van der Waals surface area contributed by atoms with Crippen LogP contribution in [0.1, 0.15) is 56.9 Å². The SMILES string of the molecule is C=CCCOc1ccc(-c2noc([C@@H](C)CCCC)n2)cc1C(F)(F)F. The third kappa shape index (κ3) is 5.09. The third-order valence-electron chi connectivity index (χ3n) is 3.98. The Morgan fingerprint density at radius 3 is 2.77 bits per heavy atom. The fourth-order valence-corrected chi connectivity index (χ4v) is 2.46. The minimum absolute atomic E-state index is 0.0693. The molecule has 7 heteroatoms. The van der Waals surface area contributed by atoms with Crippen molar-refractivity contribution in [1.29, 1.82) is 0 Å². The molecule has 4 nitrogen and oxygen atoms in total. The number of aromatic nitrogens is 2. The molecular weight excluding hydrogens is 345 g/mol. The monoisotopic (exact) mass is 368 g/mol. The van der Waals surface area contributed by atoms with Gasteiger partial charge in [-0.2, -0.15) is 18.2 Å². The average Bonchev–Trinajstić information content (AvgIpc) is 3.09. The summed E-state index contributed by atoms with van der Waals surface area (Å²) >= 11 is 0. The Bertz CT molecular complexity index is 726. The lowest BCUT2D eigenvalue weighted by Crippen LogP contribution is -2.09. The van der Waals surface area contributed by atoms with E-state index >= 15 is 0 Å². The first-order valence-electron chi connectivity index (χ1n) is 8.65. The Morgan fingerprint density at radius 2 is 2.12 bits per heavy atom. The van der Waals surface area contributed by atoms with E-state index in [-0.39, 0.29) is 29.7 Å². The number of hydrogen-bond acceptors (Lipinski definition) is 4. The Labute approximate surface area is 151 Å². The Balaban J connectivity index is 2.27. The number of nitrogens with zero attached hydrogens (tertiary/aromatic N) is 2. The number of rotatable bonds is 9. The van der Waals surface area contributed by atoms with Crippen molar-refractivity contribution in [2.45, 2.75) is 51.6 Å². The van der Waals surface area contributed by atoms with Gasteiger partial charge >= 0.3 is 6.18 Å². The van der Waals surface area contributed by atoms with E-state index in [2.05, 4.69) is 23.6 Å². The summed E-state index contributed by atoms with van der Waals surface area (Å²) in [5, 5.41) is 3.84. The van der Waals surface area contributed by atoms with Crippen molar-refractivity contribution in [3.8, 4) is 17.1 Å². The lowest BCUT2D eigenvalue weighted by atomic mass is 10.0. The summed E-state index contributed by atoms with van der Waals surface area (Å²) in [6.07, 6.45) is 0.467. The van der Waals surface area contributed by atoms with E-state index in [0.717, 1.165) is 25.3 Å². The molecule has 1 heterocycles. The van der Waals surface area contributed by atoms with Gasteiger partial charge in [-0.15, -0.1) is 6.58 Å². The maximum Gasteiger partial charge on any atom is 0.419 e. The molecule has 0 saturated carbocycles. The fraction of sp³-hybridized carbons (Fsp3) is 0.474. The molecule has 0 unspecified atom stereocenters. The molecule has 0 aliphatic rings. The van der Waals surface area contributed by atoms with Gasteiger partial charge in [-0.05, 0) is 31.0 Å². The van der Waals surface area contributed by atoms with Crippen molar-refractivity contribution in [2.75, 3.05) is 6.61 Å². The standard InChI is InChI=1S/C19H23F3N2O2/c1-4-6-8-13(3)18-23-17(24-26-18)14-9-10-16(25-11-7-5-2)15(12-14)19(20,21)22/h5,9-10,12-13H,2,4,6-8,11H2,1,3H3/t13-/m0/s1. The van der Waals surface area contributed by atoms with Gasteiger partial charge in [0.05, 0.1) is 12.2 Å². The Morgan fingerprint density at radius 1 is 1.35 bits per heavy atom. The minimum atomic E-state index is -4.54. The van der Waals surface area contributed by atoms with Crippen molar-refractivity contribution in [1.82, 2.24) is 10.1 Å². The summed E-state index contributed by atoms with van der Waals surface area (Å²) in [6.45, 7) is 7.70. The molecule has 2 aromatic rings. The van der Waals surface area contributed by atoms with Crippen LogP contribution in [0.3, 0.4) is 0 Å². The maximum atomic E-state index is 13.4. The van der Waals surface area contributed by atoms with Crippen LogP contribution in [0.25, 0.3) is 11.4 Å². The van der Waals surface area contributed by atoms with Gasteiger partial charge in [0.1, 0.15) is 5.75 Å². The number of alkyl halides is 3. The molecule has 0 spiro atoms. The van der Waals surface area contributed by atoms with E-state index in [1.165, 1.54) is 12.1 Å². The van der Waals surface area contributed by atoms with Crippen LogP contribution in [0.5, 0.6) is 5.75 Å². The van der Waals surface area contributed by atoms with Crippen LogP contribution < -0.4 is 4.74 Å². The third-order valence-corrected chi connectivity index (χ3v) is 3.98. The Kier molecular flexibility index (Phi) is 6.83. The highest BCUT2D eigenvalue weighted by atomic mass is 19.4. The highest BCUT2D eigenvalue weighted by Crippen LogP contribution is 2.38. The van der Waals surface area contributed by atoms with Gasteiger partial charge in [0.15, 0.2) is 0 Å². The summed E-state index contributed by atoms with van der Waals surface area (Å²) in [5.41, 5.74) is -0.615. The van der Waals surface area contributed by atoms with Gasteiger partial charge in [0, 0.05) is 11.5 Å². The van der Waals surface area contributed by atoms with Crippen LogP contribution in [0, 0.1) is 0 Å². The quantitative estimate of drug-likeness (QED) is 0.402. The highest BCUT2D eigenvalue weighted by Gasteiger charge is 2.35. The molecule has 2 rings (SSSR count). The molecule has 0 bridgehead atoms. The van der Waals surface area contributed by atoms with Crippen LogP contribution in [0.2, 0.25) is 0 Å². The zero-order chi connectivity index (χ0) is 19.2. The zero-order valence-electron chi connectivity index (χ0n) is 15.0. The largest absolute Gasteiger partial charge is 0.493 e. The first-order chi connectivity index (χ1) is 12.4. The second kappa shape index (κ2) is 8.87. The normalized spacial score (nSPS) is 12.8. The molecule has 0 saturated heterocycles. The Hall–Kier alpha value is -2.31. The van der Waals surface area contributed by atoms with Crippen molar-refractivity contribution in [3.05, 3.63) is 42.3 Å². The second-order valence-electron chi connectivity index (χ2n) is 6.13. The summed E-state index contributed by atoms with van der Waals surface area (Å²) in [5.74, 6) is 0.433. The number of unbranched alkanes of at least 4 members (excludes halogenated alkanes) is 1. The molecule has 26 heavy (non-hydrogen) atoms. The van der Waals surface area contributed by atoms with Crippen LogP contribution in [0.15, 0.2) is 35.4 Å². The van der Waals surface area contributed by atoms with E-state index in [1.807, 2.05) is 6.92 Å².